The summed E-state index contributed by atoms with van der Waals surface area (Å²) in [7, 11) is 0. The molecule has 0 aliphatic heterocycles. The van der Waals surface area contributed by atoms with Gasteiger partial charge in [0.15, 0.2) is 0 Å². The molecular weight excluding hydrogens is 159 g/mol. The van der Waals surface area contributed by atoms with Crippen molar-refractivity contribution < 1.29 is 5.11 Å². The number of rotatable bonds is 4. The molecule has 1 radical (unpaired) electrons. The highest BCUT2D eigenvalue weighted by atomic mass is 35.5. The molecule has 0 aromatic carbocycles. The molecule has 9 heavy (non-hydrogen) atoms. The number of allylic oxidation sites excluding steroid dienone is 1. The van der Waals surface area contributed by atoms with Gasteiger partial charge in [-0.2, -0.15) is 0 Å². The molecule has 0 N–H and O–H groups in total. The molecule has 0 rings (SSSR count). The van der Waals surface area contributed by atoms with Gasteiger partial charge in [-0.05, 0) is 12.8 Å². The van der Waals surface area contributed by atoms with E-state index >= 15 is 0 Å². The number of halogens is 2. The van der Waals surface area contributed by atoms with Crippen molar-refractivity contribution in [3.63, 3.8) is 0 Å². The van der Waals surface area contributed by atoms with E-state index in [0.717, 1.165) is 0 Å². The minimum atomic E-state index is -1.09. The molecule has 0 amide bonds. The fourth-order valence-electron chi connectivity index (χ4n) is 0.385. The molecule has 0 aromatic rings. The Morgan fingerprint density at radius 2 is 2.11 bits per heavy atom. The van der Waals surface area contributed by atoms with Crippen LogP contribution >= 0.6 is 23.2 Å². The van der Waals surface area contributed by atoms with Gasteiger partial charge in [-0.1, -0.05) is 29.3 Å². The highest BCUT2D eigenvalue weighted by Crippen LogP contribution is 2.25. The maximum Gasteiger partial charge on any atom is 0.144 e. The van der Waals surface area contributed by atoms with E-state index in [1.807, 2.05) is 0 Å². The zero-order valence-corrected chi connectivity index (χ0v) is 6.58. The van der Waals surface area contributed by atoms with Crippen LogP contribution in [-0.2, 0) is 5.11 Å². The monoisotopic (exact) mass is 167 g/mol. The van der Waals surface area contributed by atoms with Crippen molar-refractivity contribution in [2.75, 3.05) is 6.61 Å². The fourth-order valence-corrected chi connectivity index (χ4v) is 0.604. The third-order valence-electron chi connectivity index (χ3n) is 0.925. The van der Waals surface area contributed by atoms with Crippen LogP contribution < -0.4 is 0 Å². The van der Waals surface area contributed by atoms with E-state index in [-0.39, 0.29) is 0 Å². The van der Waals surface area contributed by atoms with Gasteiger partial charge >= 0.3 is 0 Å². The van der Waals surface area contributed by atoms with Crippen molar-refractivity contribution in [3.05, 3.63) is 12.7 Å². The Labute approximate surface area is 65.3 Å². The molecular formula is C6H9Cl2O. The van der Waals surface area contributed by atoms with Crippen molar-refractivity contribution >= 4 is 23.2 Å². The van der Waals surface area contributed by atoms with Crippen molar-refractivity contribution in [2.24, 2.45) is 0 Å². The summed E-state index contributed by atoms with van der Waals surface area (Å²) < 4.78 is -1.09. The van der Waals surface area contributed by atoms with Crippen LogP contribution in [0.15, 0.2) is 12.7 Å². The number of hydrogen-bond acceptors (Lipinski definition) is 0. The molecule has 0 aliphatic carbocycles. The largest absolute Gasteiger partial charge is 0.233 e. The second-order valence-electron chi connectivity index (χ2n) is 1.83. The van der Waals surface area contributed by atoms with Crippen molar-refractivity contribution in [3.8, 4) is 0 Å². The van der Waals surface area contributed by atoms with E-state index in [9.17, 15) is 5.11 Å². The Morgan fingerprint density at radius 3 is 2.44 bits per heavy atom. The second-order valence-corrected chi connectivity index (χ2v) is 3.47. The number of hydrogen-bond donors (Lipinski definition) is 0. The normalized spacial score (nSPS) is 11.4. The average molecular weight is 168 g/mol. The fraction of sp³-hybridized carbons (Fsp3) is 0.667. The van der Waals surface area contributed by atoms with Gasteiger partial charge in [0.05, 0.1) is 0 Å². The summed E-state index contributed by atoms with van der Waals surface area (Å²) in [6, 6.07) is 0. The molecule has 0 heterocycles. The standard InChI is InChI=1S/C6H9Cl2O/c1-2-3-4-6(7,8)5-9/h2H,1,3-5H2. The summed E-state index contributed by atoms with van der Waals surface area (Å²) in [6.07, 6.45) is 2.87. The quantitative estimate of drug-likeness (QED) is 0.454. The van der Waals surface area contributed by atoms with Gasteiger partial charge in [0.2, 0.25) is 0 Å². The van der Waals surface area contributed by atoms with Crippen LogP contribution in [0.3, 0.4) is 0 Å². The topological polar surface area (TPSA) is 19.9 Å². The lowest BCUT2D eigenvalue weighted by molar-refractivity contribution is 0.179. The third kappa shape index (κ3) is 4.76. The molecule has 0 unspecified atom stereocenters. The minimum Gasteiger partial charge on any atom is -0.233 e. The van der Waals surface area contributed by atoms with Gasteiger partial charge in [0, 0.05) is 0 Å². The van der Waals surface area contributed by atoms with Crippen LogP contribution in [0.2, 0.25) is 0 Å². The Balaban J connectivity index is 3.44. The van der Waals surface area contributed by atoms with E-state index in [1.165, 1.54) is 0 Å². The van der Waals surface area contributed by atoms with E-state index in [1.54, 1.807) is 6.08 Å². The molecule has 3 heteroatoms. The molecule has 53 valence electrons. The van der Waals surface area contributed by atoms with Crippen LogP contribution in [-0.4, -0.2) is 10.9 Å². The second kappa shape index (κ2) is 4.15. The lowest BCUT2D eigenvalue weighted by Gasteiger charge is -2.12. The molecule has 0 saturated carbocycles. The molecule has 0 atom stereocenters. The summed E-state index contributed by atoms with van der Waals surface area (Å²) in [5.41, 5.74) is 0. The van der Waals surface area contributed by atoms with E-state index in [4.69, 9.17) is 23.2 Å². The van der Waals surface area contributed by atoms with Crippen molar-refractivity contribution in [1.82, 2.24) is 0 Å². The summed E-state index contributed by atoms with van der Waals surface area (Å²) in [5, 5.41) is 10.2. The van der Waals surface area contributed by atoms with E-state index in [0.29, 0.717) is 12.8 Å². The van der Waals surface area contributed by atoms with Gasteiger partial charge in [-0.25, -0.2) is 5.11 Å². The van der Waals surface area contributed by atoms with Gasteiger partial charge in [0.1, 0.15) is 10.9 Å². The van der Waals surface area contributed by atoms with Crippen LogP contribution in [0.1, 0.15) is 12.8 Å². The lowest BCUT2D eigenvalue weighted by atomic mass is 10.2. The SMILES string of the molecule is C=CCCC(Cl)(Cl)C[O]. The van der Waals surface area contributed by atoms with E-state index in [2.05, 4.69) is 6.58 Å². The molecule has 0 bridgehead atoms. The molecule has 0 aliphatic rings. The maximum atomic E-state index is 10.2. The minimum absolute atomic E-state index is 0.454. The third-order valence-corrected chi connectivity index (χ3v) is 1.52. The maximum absolute atomic E-state index is 10.2. The van der Waals surface area contributed by atoms with Gasteiger partial charge in [-0.15, -0.1) is 6.58 Å². The first kappa shape index (κ1) is 9.28. The molecule has 0 aromatic heterocycles. The lowest BCUT2D eigenvalue weighted by Crippen LogP contribution is -2.16. The van der Waals surface area contributed by atoms with E-state index < -0.39 is 10.9 Å². The Hall–Kier alpha value is 0.280. The van der Waals surface area contributed by atoms with Gasteiger partial charge < -0.3 is 0 Å². The molecule has 0 fully saturated rings. The van der Waals surface area contributed by atoms with Crippen LogP contribution in [0.25, 0.3) is 0 Å². The smallest absolute Gasteiger partial charge is 0.144 e. The highest BCUT2D eigenvalue weighted by molar-refractivity contribution is 6.48. The summed E-state index contributed by atoms with van der Waals surface area (Å²) in [4.78, 5) is 0. The zero-order valence-electron chi connectivity index (χ0n) is 5.07. The first-order valence-electron chi connectivity index (χ1n) is 2.69. The van der Waals surface area contributed by atoms with Crippen LogP contribution in [0.5, 0.6) is 0 Å². The number of alkyl halides is 2. The summed E-state index contributed by atoms with van der Waals surface area (Å²) >= 11 is 11.0. The zero-order chi connectivity index (χ0) is 7.33. The predicted octanol–water partition coefficient (Wildman–Crippen LogP) is 2.56. The first-order valence-corrected chi connectivity index (χ1v) is 3.45. The summed E-state index contributed by atoms with van der Waals surface area (Å²) in [5.74, 6) is 0. The Bertz CT molecular complexity index is 91.1. The first-order chi connectivity index (χ1) is 4.12. The molecule has 1 nitrogen and oxygen atoms in total. The molecule has 0 spiro atoms. The average Bonchev–Trinajstić information content (AvgIpc) is 1.84. The van der Waals surface area contributed by atoms with Gasteiger partial charge in [0.25, 0.3) is 0 Å². The summed E-state index contributed by atoms with van der Waals surface area (Å²) in [6.45, 7) is 3.02. The van der Waals surface area contributed by atoms with Gasteiger partial charge in [-0.3, -0.25) is 0 Å². The molecule has 0 saturated heterocycles. The predicted molar refractivity (Wildman–Crippen MR) is 39.4 cm³/mol. The van der Waals surface area contributed by atoms with Crippen molar-refractivity contribution in [1.29, 1.82) is 0 Å². The van der Waals surface area contributed by atoms with Crippen LogP contribution in [0, 0.1) is 0 Å². The van der Waals surface area contributed by atoms with Crippen LogP contribution in [0.4, 0.5) is 0 Å². The highest BCUT2D eigenvalue weighted by Gasteiger charge is 2.21. The Kier molecular flexibility index (Phi) is 4.28. The van der Waals surface area contributed by atoms with Crippen molar-refractivity contribution in [2.45, 2.75) is 17.2 Å². The Morgan fingerprint density at radius 1 is 1.56 bits per heavy atom.